The molecule has 0 fully saturated rings. The van der Waals surface area contributed by atoms with Crippen LogP contribution in [0.1, 0.15) is 55.2 Å². The van der Waals surface area contributed by atoms with E-state index in [0.717, 1.165) is 16.9 Å². The fraction of sp³-hybridized carbons (Fsp3) is 0.435. The zero-order valence-corrected chi connectivity index (χ0v) is 18.1. The van der Waals surface area contributed by atoms with Gasteiger partial charge in [-0.3, -0.25) is 4.79 Å². The van der Waals surface area contributed by atoms with Crippen LogP contribution in [-0.4, -0.2) is 32.8 Å². The van der Waals surface area contributed by atoms with Crippen molar-refractivity contribution in [1.29, 1.82) is 0 Å². The van der Waals surface area contributed by atoms with E-state index in [9.17, 15) is 4.79 Å². The molecule has 0 saturated carbocycles. The molecule has 2 aromatic carbocycles. The first-order valence-electron chi connectivity index (χ1n) is 9.96. The van der Waals surface area contributed by atoms with E-state index in [1.54, 1.807) is 19.2 Å². The predicted octanol–water partition coefficient (Wildman–Crippen LogP) is 4.69. The SMILES string of the molecule is CCOc1cc(C(=O)N[C@@H](C)c2cc(C)ccc2OC)cc(OCC)c1OCC. The van der Waals surface area contributed by atoms with Gasteiger partial charge in [0.1, 0.15) is 5.75 Å². The summed E-state index contributed by atoms with van der Waals surface area (Å²) in [6.45, 7) is 11.0. The molecule has 0 unspecified atom stereocenters. The van der Waals surface area contributed by atoms with Gasteiger partial charge >= 0.3 is 0 Å². The molecule has 0 aromatic heterocycles. The van der Waals surface area contributed by atoms with Crippen molar-refractivity contribution in [3.05, 3.63) is 47.0 Å². The molecule has 0 aliphatic rings. The van der Waals surface area contributed by atoms with Gasteiger partial charge in [0.15, 0.2) is 11.5 Å². The first-order valence-corrected chi connectivity index (χ1v) is 9.96. The molecule has 6 heteroatoms. The summed E-state index contributed by atoms with van der Waals surface area (Å²) in [6, 6.07) is 9.03. The molecule has 1 N–H and O–H groups in total. The summed E-state index contributed by atoms with van der Waals surface area (Å²) in [4.78, 5) is 13.0. The molecule has 1 atom stereocenters. The first-order chi connectivity index (χ1) is 13.9. The lowest BCUT2D eigenvalue weighted by Crippen LogP contribution is -2.27. The number of aryl methyl sites for hydroxylation is 1. The maximum absolute atomic E-state index is 13.0. The van der Waals surface area contributed by atoms with E-state index in [4.69, 9.17) is 18.9 Å². The van der Waals surface area contributed by atoms with Crippen LogP contribution in [0.15, 0.2) is 30.3 Å². The van der Waals surface area contributed by atoms with E-state index in [0.29, 0.717) is 42.6 Å². The van der Waals surface area contributed by atoms with Gasteiger partial charge < -0.3 is 24.3 Å². The van der Waals surface area contributed by atoms with Gasteiger partial charge in [0.05, 0.1) is 33.0 Å². The molecule has 0 saturated heterocycles. The van der Waals surface area contributed by atoms with Crippen LogP contribution in [0.25, 0.3) is 0 Å². The minimum absolute atomic E-state index is 0.231. The fourth-order valence-corrected chi connectivity index (χ4v) is 3.07. The van der Waals surface area contributed by atoms with Crippen LogP contribution in [0.3, 0.4) is 0 Å². The number of amides is 1. The largest absolute Gasteiger partial charge is 0.496 e. The monoisotopic (exact) mass is 401 g/mol. The summed E-state index contributed by atoms with van der Waals surface area (Å²) >= 11 is 0. The van der Waals surface area contributed by atoms with Crippen molar-refractivity contribution in [1.82, 2.24) is 5.32 Å². The Kier molecular flexibility index (Phi) is 8.19. The summed E-state index contributed by atoms with van der Waals surface area (Å²) in [6.07, 6.45) is 0. The number of hydrogen-bond donors (Lipinski definition) is 1. The van der Waals surface area contributed by atoms with Gasteiger partial charge in [-0.25, -0.2) is 0 Å². The highest BCUT2D eigenvalue weighted by Crippen LogP contribution is 2.39. The van der Waals surface area contributed by atoms with Gasteiger partial charge in [0.25, 0.3) is 5.91 Å². The average Bonchev–Trinajstić information content (AvgIpc) is 2.70. The number of hydrogen-bond acceptors (Lipinski definition) is 5. The molecule has 0 bridgehead atoms. The minimum Gasteiger partial charge on any atom is -0.496 e. The third-order valence-corrected chi connectivity index (χ3v) is 4.37. The lowest BCUT2D eigenvalue weighted by molar-refractivity contribution is 0.0938. The third-order valence-electron chi connectivity index (χ3n) is 4.37. The molecule has 29 heavy (non-hydrogen) atoms. The van der Waals surface area contributed by atoms with E-state index in [2.05, 4.69) is 5.32 Å². The molecular weight excluding hydrogens is 370 g/mol. The Morgan fingerprint density at radius 2 is 1.52 bits per heavy atom. The highest BCUT2D eigenvalue weighted by atomic mass is 16.5. The summed E-state index contributed by atoms with van der Waals surface area (Å²) in [5.74, 6) is 2.00. The zero-order valence-electron chi connectivity index (χ0n) is 18.1. The summed E-state index contributed by atoms with van der Waals surface area (Å²) in [7, 11) is 1.62. The van der Waals surface area contributed by atoms with Crippen molar-refractivity contribution < 1.29 is 23.7 Å². The number of benzene rings is 2. The van der Waals surface area contributed by atoms with Gasteiger partial charge in [-0.15, -0.1) is 0 Å². The third kappa shape index (κ3) is 5.56. The zero-order chi connectivity index (χ0) is 21.4. The Morgan fingerprint density at radius 1 is 0.931 bits per heavy atom. The van der Waals surface area contributed by atoms with Crippen LogP contribution in [0.5, 0.6) is 23.0 Å². The van der Waals surface area contributed by atoms with Crippen LogP contribution in [0.2, 0.25) is 0 Å². The number of ether oxygens (including phenoxy) is 4. The molecule has 0 aliphatic heterocycles. The summed E-state index contributed by atoms with van der Waals surface area (Å²) < 4.78 is 22.6. The van der Waals surface area contributed by atoms with Crippen molar-refractivity contribution in [2.75, 3.05) is 26.9 Å². The molecule has 0 aliphatic carbocycles. The van der Waals surface area contributed by atoms with Crippen LogP contribution in [0.4, 0.5) is 0 Å². The van der Waals surface area contributed by atoms with Gasteiger partial charge in [0, 0.05) is 11.1 Å². The molecule has 1 amide bonds. The number of rotatable bonds is 10. The molecule has 0 radical (unpaired) electrons. The molecule has 0 heterocycles. The van der Waals surface area contributed by atoms with Gasteiger partial charge in [0.2, 0.25) is 5.75 Å². The quantitative estimate of drug-likeness (QED) is 0.626. The molecule has 158 valence electrons. The van der Waals surface area contributed by atoms with Crippen molar-refractivity contribution in [2.45, 2.75) is 40.7 Å². The Hall–Kier alpha value is -2.89. The molecule has 2 aromatic rings. The number of methoxy groups -OCH3 is 1. The van der Waals surface area contributed by atoms with E-state index >= 15 is 0 Å². The average molecular weight is 402 g/mol. The maximum atomic E-state index is 13.0. The van der Waals surface area contributed by atoms with Crippen molar-refractivity contribution in [2.24, 2.45) is 0 Å². The van der Waals surface area contributed by atoms with Crippen molar-refractivity contribution in [3.63, 3.8) is 0 Å². The van der Waals surface area contributed by atoms with Crippen LogP contribution < -0.4 is 24.3 Å². The van der Waals surface area contributed by atoms with Gasteiger partial charge in [-0.2, -0.15) is 0 Å². The Morgan fingerprint density at radius 3 is 2.03 bits per heavy atom. The van der Waals surface area contributed by atoms with Crippen LogP contribution >= 0.6 is 0 Å². The Balaban J connectivity index is 2.35. The smallest absolute Gasteiger partial charge is 0.252 e. The number of nitrogens with one attached hydrogen (secondary N) is 1. The molecular formula is C23H31NO5. The number of carbonyl (C=O) groups is 1. The van der Waals surface area contributed by atoms with Crippen molar-refractivity contribution in [3.8, 4) is 23.0 Å². The normalized spacial score (nSPS) is 11.5. The lowest BCUT2D eigenvalue weighted by atomic mass is 10.0. The number of carbonyl (C=O) groups excluding carboxylic acids is 1. The fourth-order valence-electron chi connectivity index (χ4n) is 3.07. The molecule has 6 nitrogen and oxygen atoms in total. The predicted molar refractivity (Wildman–Crippen MR) is 114 cm³/mol. The van der Waals surface area contributed by atoms with Gasteiger partial charge in [-0.1, -0.05) is 17.7 Å². The highest BCUT2D eigenvalue weighted by molar-refractivity contribution is 5.96. The van der Waals surface area contributed by atoms with E-state index in [1.165, 1.54) is 0 Å². The second kappa shape index (κ2) is 10.6. The second-order valence-corrected chi connectivity index (χ2v) is 6.54. The standard InChI is InChI=1S/C23H31NO5/c1-7-27-20-13-17(14-21(28-8-2)22(20)29-9-3)23(25)24-16(5)18-12-15(4)10-11-19(18)26-6/h10-14,16H,7-9H2,1-6H3,(H,24,25)/t16-/m0/s1. The lowest BCUT2D eigenvalue weighted by Gasteiger charge is -2.20. The molecule has 0 spiro atoms. The van der Waals surface area contributed by atoms with Crippen LogP contribution in [0, 0.1) is 6.92 Å². The van der Waals surface area contributed by atoms with E-state index in [-0.39, 0.29) is 11.9 Å². The first kappa shape index (κ1) is 22.4. The maximum Gasteiger partial charge on any atom is 0.252 e. The second-order valence-electron chi connectivity index (χ2n) is 6.54. The summed E-state index contributed by atoms with van der Waals surface area (Å²) in [5.41, 5.74) is 2.46. The van der Waals surface area contributed by atoms with Crippen LogP contribution in [-0.2, 0) is 0 Å². The van der Waals surface area contributed by atoms with E-state index in [1.807, 2.05) is 52.8 Å². The molecule has 2 rings (SSSR count). The Labute approximate surface area is 173 Å². The minimum atomic E-state index is -0.241. The van der Waals surface area contributed by atoms with Gasteiger partial charge in [-0.05, 0) is 52.8 Å². The van der Waals surface area contributed by atoms with Crippen molar-refractivity contribution >= 4 is 5.91 Å². The Bertz CT molecular complexity index is 807. The summed E-state index contributed by atoms with van der Waals surface area (Å²) in [5, 5.41) is 3.03. The topological polar surface area (TPSA) is 66.0 Å². The highest BCUT2D eigenvalue weighted by Gasteiger charge is 2.20. The van der Waals surface area contributed by atoms with E-state index < -0.39 is 0 Å².